The van der Waals surface area contributed by atoms with Crippen LogP contribution in [-0.4, -0.2) is 34.8 Å². The molecule has 104 valence electrons. The molecule has 6 N–H and O–H groups in total. The molecule has 0 aliphatic heterocycles. The molecule has 0 heterocycles. The number of aliphatic hydroxyl groups excluding tert-OH is 2. The van der Waals surface area contributed by atoms with E-state index in [9.17, 15) is 19.8 Å². The van der Waals surface area contributed by atoms with Gasteiger partial charge in [0, 0.05) is 19.2 Å². The molecule has 1 rings (SSSR count). The molecule has 0 bridgehead atoms. The number of urea groups is 1. The van der Waals surface area contributed by atoms with E-state index < -0.39 is 18.2 Å². The zero-order valence-electron chi connectivity index (χ0n) is 10.5. The summed E-state index contributed by atoms with van der Waals surface area (Å²) < 4.78 is 0. The lowest BCUT2D eigenvalue weighted by molar-refractivity contribution is -0.119. The molecule has 3 amide bonds. The van der Waals surface area contributed by atoms with Gasteiger partial charge in [0.1, 0.15) is 12.2 Å². The van der Waals surface area contributed by atoms with Gasteiger partial charge in [0.05, 0.1) is 0 Å². The first kappa shape index (κ1) is 14.9. The highest BCUT2D eigenvalue weighted by Gasteiger charge is 2.18. The number of primary amides is 1. The number of nitrogens with two attached hydrogens (primary N) is 1. The number of hydrogen-bond donors (Lipinski definition) is 5. The van der Waals surface area contributed by atoms with Crippen LogP contribution in [0.5, 0.6) is 0 Å². The summed E-state index contributed by atoms with van der Waals surface area (Å²) >= 11 is 0. The van der Waals surface area contributed by atoms with Crippen LogP contribution in [0.1, 0.15) is 18.6 Å². The molecule has 0 saturated heterocycles. The second-order valence-electron chi connectivity index (χ2n) is 4.06. The van der Waals surface area contributed by atoms with Crippen LogP contribution in [0.2, 0.25) is 0 Å². The Morgan fingerprint density at radius 3 is 2.32 bits per heavy atom. The van der Waals surface area contributed by atoms with Crippen molar-refractivity contribution in [1.82, 2.24) is 5.32 Å². The fourth-order valence-corrected chi connectivity index (χ4v) is 1.49. The smallest absolute Gasteiger partial charge is 0.316 e. The average Bonchev–Trinajstić information content (AvgIpc) is 2.35. The molecule has 1 aromatic carbocycles. The maximum absolute atomic E-state index is 10.7. The van der Waals surface area contributed by atoms with Gasteiger partial charge in [0.2, 0.25) is 5.91 Å². The molecule has 7 heteroatoms. The van der Waals surface area contributed by atoms with Gasteiger partial charge >= 0.3 is 6.03 Å². The van der Waals surface area contributed by atoms with Crippen molar-refractivity contribution >= 4 is 17.6 Å². The number of anilines is 1. The van der Waals surface area contributed by atoms with Crippen molar-refractivity contribution in [2.75, 3.05) is 11.9 Å². The van der Waals surface area contributed by atoms with Crippen molar-refractivity contribution in [2.45, 2.75) is 19.1 Å². The minimum atomic E-state index is -1.13. The molecule has 0 aliphatic carbocycles. The van der Waals surface area contributed by atoms with Crippen LogP contribution >= 0.6 is 0 Å². The van der Waals surface area contributed by atoms with E-state index in [1.807, 2.05) is 0 Å². The van der Waals surface area contributed by atoms with Gasteiger partial charge in [-0.25, -0.2) is 4.79 Å². The molecule has 0 fully saturated rings. The predicted octanol–water partition coefficient (Wildman–Crippen LogP) is -0.292. The zero-order chi connectivity index (χ0) is 14.4. The van der Waals surface area contributed by atoms with Crippen molar-refractivity contribution in [2.24, 2.45) is 5.73 Å². The van der Waals surface area contributed by atoms with Crippen LogP contribution in [-0.2, 0) is 4.79 Å². The van der Waals surface area contributed by atoms with E-state index in [2.05, 4.69) is 10.6 Å². The SMILES string of the molecule is CC(=O)NCC(O)C(O)c1ccc(NC(N)=O)cc1. The fraction of sp³-hybridized carbons (Fsp3) is 0.333. The molecule has 19 heavy (non-hydrogen) atoms. The lowest BCUT2D eigenvalue weighted by atomic mass is 10.0. The second-order valence-corrected chi connectivity index (χ2v) is 4.06. The van der Waals surface area contributed by atoms with Gasteiger partial charge in [-0.3, -0.25) is 4.79 Å². The number of aliphatic hydroxyl groups is 2. The Balaban J connectivity index is 2.63. The third kappa shape index (κ3) is 4.94. The number of carbonyl (C=O) groups excluding carboxylic acids is 2. The molecule has 2 atom stereocenters. The molecule has 0 radical (unpaired) electrons. The lowest BCUT2D eigenvalue weighted by Gasteiger charge is -2.18. The highest BCUT2D eigenvalue weighted by Crippen LogP contribution is 2.19. The Hall–Kier alpha value is -2.12. The average molecular weight is 267 g/mol. The Labute approximate surface area is 110 Å². The summed E-state index contributed by atoms with van der Waals surface area (Å²) in [4.78, 5) is 21.3. The molecule has 0 aliphatic rings. The zero-order valence-corrected chi connectivity index (χ0v) is 10.5. The molecule has 0 saturated carbocycles. The molecular formula is C12H17N3O4. The minimum Gasteiger partial charge on any atom is -0.388 e. The summed E-state index contributed by atoms with van der Waals surface area (Å²) in [7, 11) is 0. The van der Waals surface area contributed by atoms with Crippen LogP contribution in [0.3, 0.4) is 0 Å². The van der Waals surface area contributed by atoms with Crippen LogP contribution in [0, 0.1) is 0 Å². The summed E-state index contributed by atoms with van der Waals surface area (Å²) in [5, 5.41) is 24.3. The summed E-state index contributed by atoms with van der Waals surface area (Å²) in [5.74, 6) is -0.285. The van der Waals surface area contributed by atoms with Crippen LogP contribution < -0.4 is 16.4 Å². The third-order valence-electron chi connectivity index (χ3n) is 2.44. The largest absolute Gasteiger partial charge is 0.388 e. The van der Waals surface area contributed by atoms with E-state index in [0.717, 1.165) is 0 Å². The summed E-state index contributed by atoms with van der Waals surface area (Å²) in [5.41, 5.74) is 5.91. The van der Waals surface area contributed by atoms with E-state index in [1.165, 1.54) is 6.92 Å². The number of amides is 3. The number of rotatable bonds is 5. The van der Waals surface area contributed by atoms with E-state index in [1.54, 1.807) is 24.3 Å². The Morgan fingerprint density at radius 2 is 1.84 bits per heavy atom. The molecule has 7 nitrogen and oxygen atoms in total. The van der Waals surface area contributed by atoms with E-state index in [4.69, 9.17) is 5.73 Å². The standard InChI is InChI=1S/C12H17N3O4/c1-7(16)14-6-10(17)11(18)8-2-4-9(5-3-8)15-12(13)19/h2-5,10-11,17-18H,6H2,1H3,(H,14,16)(H3,13,15,19). The number of nitrogens with one attached hydrogen (secondary N) is 2. The van der Waals surface area contributed by atoms with Crippen molar-refractivity contribution < 1.29 is 19.8 Å². The highest BCUT2D eigenvalue weighted by molar-refractivity contribution is 5.87. The van der Waals surface area contributed by atoms with Gasteiger partial charge < -0.3 is 26.6 Å². The first-order valence-electron chi connectivity index (χ1n) is 5.67. The maximum Gasteiger partial charge on any atom is 0.316 e. The van der Waals surface area contributed by atoms with Gasteiger partial charge in [-0.1, -0.05) is 12.1 Å². The fourth-order valence-electron chi connectivity index (χ4n) is 1.49. The summed E-state index contributed by atoms with van der Waals surface area (Å²) in [6.07, 6.45) is -2.24. The number of benzene rings is 1. The molecule has 0 spiro atoms. The van der Waals surface area contributed by atoms with E-state index in [0.29, 0.717) is 11.3 Å². The molecular weight excluding hydrogens is 250 g/mol. The van der Waals surface area contributed by atoms with Gasteiger partial charge in [-0.05, 0) is 17.7 Å². The Bertz CT molecular complexity index is 447. The lowest BCUT2D eigenvalue weighted by Crippen LogP contribution is -2.34. The monoisotopic (exact) mass is 267 g/mol. The van der Waals surface area contributed by atoms with Crippen molar-refractivity contribution in [1.29, 1.82) is 0 Å². The normalized spacial score (nSPS) is 13.4. The van der Waals surface area contributed by atoms with Gasteiger partial charge in [-0.2, -0.15) is 0 Å². The van der Waals surface area contributed by atoms with Crippen molar-refractivity contribution in [3.63, 3.8) is 0 Å². The minimum absolute atomic E-state index is 0.0439. The third-order valence-corrected chi connectivity index (χ3v) is 2.44. The second kappa shape index (κ2) is 6.72. The summed E-state index contributed by atoms with van der Waals surface area (Å²) in [6, 6.07) is 5.52. The van der Waals surface area contributed by atoms with Crippen LogP contribution in [0.25, 0.3) is 0 Å². The van der Waals surface area contributed by atoms with Crippen LogP contribution in [0.4, 0.5) is 10.5 Å². The van der Waals surface area contributed by atoms with Gasteiger partial charge in [-0.15, -0.1) is 0 Å². The van der Waals surface area contributed by atoms with Crippen LogP contribution in [0.15, 0.2) is 24.3 Å². The van der Waals surface area contributed by atoms with Gasteiger partial charge in [0.25, 0.3) is 0 Å². The Kier molecular flexibility index (Phi) is 5.28. The first-order chi connectivity index (χ1) is 8.90. The van der Waals surface area contributed by atoms with E-state index in [-0.39, 0.29) is 12.5 Å². The summed E-state index contributed by atoms with van der Waals surface area (Å²) in [6.45, 7) is 1.28. The van der Waals surface area contributed by atoms with Crippen molar-refractivity contribution in [3.05, 3.63) is 29.8 Å². The van der Waals surface area contributed by atoms with E-state index >= 15 is 0 Å². The number of hydrogen-bond acceptors (Lipinski definition) is 4. The first-order valence-corrected chi connectivity index (χ1v) is 5.67. The maximum atomic E-state index is 10.7. The van der Waals surface area contributed by atoms with Crippen molar-refractivity contribution in [3.8, 4) is 0 Å². The molecule has 2 unspecified atom stereocenters. The topological polar surface area (TPSA) is 125 Å². The predicted molar refractivity (Wildman–Crippen MR) is 69.3 cm³/mol. The number of carbonyl (C=O) groups is 2. The Morgan fingerprint density at radius 1 is 1.26 bits per heavy atom. The highest BCUT2D eigenvalue weighted by atomic mass is 16.3. The van der Waals surface area contributed by atoms with Gasteiger partial charge in [0.15, 0.2) is 0 Å². The molecule has 1 aromatic rings. The quantitative estimate of drug-likeness (QED) is 0.502. The molecule has 0 aromatic heterocycles.